The molecule has 4 rings (SSSR count). The van der Waals surface area contributed by atoms with Crippen molar-refractivity contribution in [1.29, 1.82) is 0 Å². The third-order valence-corrected chi connectivity index (χ3v) is 4.83. The molecule has 1 saturated heterocycles. The second kappa shape index (κ2) is 6.66. The molecule has 4 heterocycles. The van der Waals surface area contributed by atoms with Crippen molar-refractivity contribution in [2.24, 2.45) is 0 Å². The lowest BCUT2D eigenvalue weighted by Gasteiger charge is -2.26. The van der Waals surface area contributed by atoms with Crippen molar-refractivity contribution in [2.75, 3.05) is 36.0 Å². The molecule has 0 atom stereocenters. The van der Waals surface area contributed by atoms with Crippen LogP contribution in [0.3, 0.4) is 0 Å². The Morgan fingerprint density at radius 1 is 1.08 bits per heavy atom. The average molecular weight is 337 g/mol. The van der Waals surface area contributed by atoms with E-state index >= 15 is 0 Å². The summed E-state index contributed by atoms with van der Waals surface area (Å²) in [6.07, 6.45) is 7.50. The van der Waals surface area contributed by atoms with E-state index in [0.29, 0.717) is 0 Å². The number of fused-ring (bicyclic) bond motifs is 1. The maximum atomic E-state index is 4.55. The fourth-order valence-corrected chi connectivity index (χ4v) is 3.49. The van der Waals surface area contributed by atoms with Gasteiger partial charge in [-0.1, -0.05) is 6.92 Å². The summed E-state index contributed by atoms with van der Waals surface area (Å²) in [5.74, 6) is 0. The largest absolute Gasteiger partial charge is 0.369 e. The third kappa shape index (κ3) is 3.01. The van der Waals surface area contributed by atoms with Gasteiger partial charge in [0.05, 0.1) is 11.4 Å². The minimum absolute atomic E-state index is 0.839. The van der Waals surface area contributed by atoms with Gasteiger partial charge in [-0.05, 0) is 37.5 Å². The molecular formula is C18H23N7. The molecule has 0 radical (unpaired) electrons. The molecule has 0 aromatic carbocycles. The Hall–Kier alpha value is -2.70. The van der Waals surface area contributed by atoms with Crippen molar-refractivity contribution in [2.45, 2.75) is 26.7 Å². The maximum Gasteiger partial charge on any atom is 0.200 e. The summed E-state index contributed by atoms with van der Waals surface area (Å²) in [5.41, 5.74) is 5.55. The Balaban J connectivity index is 1.61. The highest BCUT2D eigenvalue weighted by Crippen LogP contribution is 2.25. The zero-order chi connectivity index (χ0) is 17.2. The number of pyridine rings is 1. The van der Waals surface area contributed by atoms with Gasteiger partial charge in [-0.3, -0.25) is 4.98 Å². The Morgan fingerprint density at radius 2 is 1.88 bits per heavy atom. The number of rotatable bonds is 3. The Bertz CT molecular complexity index is 873. The van der Waals surface area contributed by atoms with Gasteiger partial charge in [0, 0.05) is 44.3 Å². The zero-order valence-corrected chi connectivity index (χ0v) is 14.8. The van der Waals surface area contributed by atoms with Gasteiger partial charge in [0.1, 0.15) is 6.33 Å². The van der Waals surface area contributed by atoms with Crippen molar-refractivity contribution in [3.8, 4) is 0 Å². The Morgan fingerprint density at radius 3 is 2.64 bits per heavy atom. The maximum absolute atomic E-state index is 4.55. The van der Waals surface area contributed by atoms with Gasteiger partial charge in [0.15, 0.2) is 0 Å². The summed E-state index contributed by atoms with van der Waals surface area (Å²) in [4.78, 5) is 9.09. The average Bonchev–Trinajstić information content (AvgIpc) is 2.98. The van der Waals surface area contributed by atoms with Crippen LogP contribution in [-0.2, 0) is 6.42 Å². The van der Waals surface area contributed by atoms with Crippen LogP contribution < -0.4 is 9.80 Å². The second-order valence-corrected chi connectivity index (χ2v) is 6.46. The number of nitrogens with zero attached hydrogens (tertiary/aromatic N) is 7. The highest BCUT2D eigenvalue weighted by atomic mass is 15.4. The van der Waals surface area contributed by atoms with Gasteiger partial charge >= 0.3 is 0 Å². The lowest BCUT2D eigenvalue weighted by atomic mass is 10.2. The van der Waals surface area contributed by atoms with E-state index in [4.69, 9.17) is 0 Å². The standard InChI is InChI=1S/C18H23N7/c1-3-15-11-17(18-21-20-13-25(18)22-15)24-8-4-7-23(9-10-24)16-5-6-19-12-14(16)2/h5-6,11-13H,3-4,7-10H2,1-2H3. The predicted molar refractivity (Wildman–Crippen MR) is 98.2 cm³/mol. The number of aryl methyl sites for hydroxylation is 2. The molecule has 0 spiro atoms. The molecule has 130 valence electrons. The first-order chi connectivity index (χ1) is 12.3. The molecule has 0 aliphatic carbocycles. The number of aromatic nitrogens is 5. The number of hydrogen-bond donors (Lipinski definition) is 0. The summed E-state index contributed by atoms with van der Waals surface area (Å²) in [5, 5.41) is 12.9. The van der Waals surface area contributed by atoms with E-state index in [-0.39, 0.29) is 0 Å². The van der Waals surface area contributed by atoms with Gasteiger partial charge in [-0.15, -0.1) is 10.2 Å². The van der Waals surface area contributed by atoms with E-state index in [9.17, 15) is 0 Å². The molecule has 1 aliphatic rings. The van der Waals surface area contributed by atoms with E-state index in [1.807, 2.05) is 12.4 Å². The first-order valence-corrected chi connectivity index (χ1v) is 8.86. The predicted octanol–water partition coefficient (Wildman–Crippen LogP) is 2.11. The lowest BCUT2D eigenvalue weighted by Crippen LogP contribution is -2.31. The smallest absolute Gasteiger partial charge is 0.200 e. The van der Waals surface area contributed by atoms with Crippen molar-refractivity contribution in [3.63, 3.8) is 0 Å². The van der Waals surface area contributed by atoms with Crippen LogP contribution in [-0.4, -0.2) is 51.0 Å². The first kappa shape index (κ1) is 15.8. The van der Waals surface area contributed by atoms with Gasteiger partial charge < -0.3 is 9.80 Å². The normalized spacial score (nSPS) is 15.6. The van der Waals surface area contributed by atoms with Crippen molar-refractivity contribution < 1.29 is 0 Å². The SMILES string of the molecule is CCc1cc(N2CCCN(c3ccncc3C)CC2)c2nncn2n1. The summed E-state index contributed by atoms with van der Waals surface area (Å²) in [6, 6.07) is 4.28. The summed E-state index contributed by atoms with van der Waals surface area (Å²) in [7, 11) is 0. The molecule has 0 unspecified atom stereocenters. The van der Waals surface area contributed by atoms with Crippen LogP contribution >= 0.6 is 0 Å². The van der Waals surface area contributed by atoms with Gasteiger partial charge in [-0.2, -0.15) is 9.61 Å². The Labute approximate surface area is 147 Å². The zero-order valence-electron chi connectivity index (χ0n) is 14.8. The topological polar surface area (TPSA) is 62.5 Å². The van der Waals surface area contributed by atoms with Gasteiger partial charge in [-0.25, -0.2) is 0 Å². The second-order valence-electron chi connectivity index (χ2n) is 6.46. The quantitative estimate of drug-likeness (QED) is 0.729. The van der Waals surface area contributed by atoms with Crippen LogP contribution in [0.5, 0.6) is 0 Å². The highest BCUT2D eigenvalue weighted by Gasteiger charge is 2.20. The minimum atomic E-state index is 0.839. The van der Waals surface area contributed by atoms with Crippen LogP contribution in [0.2, 0.25) is 0 Å². The fourth-order valence-electron chi connectivity index (χ4n) is 3.49. The van der Waals surface area contributed by atoms with Crippen molar-refractivity contribution in [1.82, 2.24) is 24.8 Å². The van der Waals surface area contributed by atoms with Gasteiger partial charge in [0.25, 0.3) is 0 Å². The molecule has 0 N–H and O–H groups in total. The molecule has 3 aromatic heterocycles. The molecule has 25 heavy (non-hydrogen) atoms. The number of hydrogen-bond acceptors (Lipinski definition) is 6. The highest BCUT2D eigenvalue weighted by molar-refractivity contribution is 5.68. The third-order valence-electron chi connectivity index (χ3n) is 4.83. The molecular weight excluding hydrogens is 314 g/mol. The first-order valence-electron chi connectivity index (χ1n) is 8.86. The molecule has 0 saturated carbocycles. The molecule has 3 aromatic rings. The van der Waals surface area contributed by atoms with Gasteiger partial charge in [0.2, 0.25) is 5.65 Å². The van der Waals surface area contributed by atoms with Crippen LogP contribution in [0.1, 0.15) is 24.6 Å². The van der Waals surface area contributed by atoms with Crippen LogP contribution in [0.25, 0.3) is 5.65 Å². The van der Waals surface area contributed by atoms with E-state index < -0.39 is 0 Å². The number of anilines is 2. The summed E-state index contributed by atoms with van der Waals surface area (Å²) >= 11 is 0. The molecule has 0 bridgehead atoms. The minimum Gasteiger partial charge on any atom is -0.369 e. The molecule has 1 fully saturated rings. The molecule has 7 nitrogen and oxygen atoms in total. The fraction of sp³-hybridized carbons (Fsp3) is 0.444. The molecule has 7 heteroatoms. The van der Waals surface area contributed by atoms with Crippen molar-refractivity contribution >= 4 is 17.0 Å². The molecule has 0 amide bonds. The van der Waals surface area contributed by atoms with Crippen LogP contribution in [0, 0.1) is 6.92 Å². The summed E-state index contributed by atoms with van der Waals surface area (Å²) < 4.78 is 1.80. The molecule has 1 aliphatic heterocycles. The van der Waals surface area contributed by atoms with Crippen LogP contribution in [0.4, 0.5) is 11.4 Å². The van der Waals surface area contributed by atoms with Crippen LogP contribution in [0.15, 0.2) is 30.9 Å². The van der Waals surface area contributed by atoms with Crippen molar-refractivity contribution in [3.05, 3.63) is 42.1 Å². The Kier molecular flexibility index (Phi) is 4.21. The van der Waals surface area contributed by atoms with E-state index in [2.05, 4.69) is 56.1 Å². The summed E-state index contributed by atoms with van der Waals surface area (Å²) in [6.45, 7) is 8.25. The lowest BCUT2D eigenvalue weighted by molar-refractivity contribution is 0.794. The van der Waals surface area contributed by atoms with E-state index in [1.165, 1.54) is 11.3 Å². The van der Waals surface area contributed by atoms with E-state index in [0.717, 1.165) is 56.0 Å². The monoisotopic (exact) mass is 337 g/mol. The van der Waals surface area contributed by atoms with E-state index in [1.54, 1.807) is 10.8 Å².